The van der Waals surface area contributed by atoms with Crippen molar-refractivity contribution in [2.24, 2.45) is 5.73 Å². The summed E-state index contributed by atoms with van der Waals surface area (Å²) in [7, 11) is 0. The average molecular weight is 261 g/mol. The molecule has 2 heterocycles. The van der Waals surface area contributed by atoms with Gasteiger partial charge >= 0.3 is 0 Å². The lowest BCUT2D eigenvalue weighted by Gasteiger charge is -2.12. The van der Waals surface area contributed by atoms with Crippen LogP contribution in [-0.2, 0) is 13.0 Å². The molecule has 2 N–H and O–H groups in total. The van der Waals surface area contributed by atoms with Crippen LogP contribution >= 0.6 is 0 Å². The van der Waals surface area contributed by atoms with E-state index in [1.807, 2.05) is 39.0 Å². The van der Waals surface area contributed by atoms with Gasteiger partial charge in [-0.05, 0) is 32.9 Å². The molecule has 0 aliphatic rings. The number of hydrogen-bond donors (Lipinski definition) is 1. The Kier molecular flexibility index (Phi) is 4.16. The minimum atomic E-state index is 0.0472. The first kappa shape index (κ1) is 13.5. The van der Waals surface area contributed by atoms with Crippen molar-refractivity contribution < 1.29 is 9.26 Å². The molecule has 2 aromatic rings. The van der Waals surface area contributed by atoms with Gasteiger partial charge in [0, 0.05) is 24.2 Å². The van der Waals surface area contributed by atoms with E-state index in [9.17, 15) is 0 Å². The second-order valence-electron chi connectivity index (χ2n) is 4.80. The molecule has 19 heavy (non-hydrogen) atoms. The van der Waals surface area contributed by atoms with Crippen LogP contribution in [-0.4, -0.2) is 16.2 Å². The van der Waals surface area contributed by atoms with E-state index < -0.39 is 0 Å². The molecule has 0 fully saturated rings. The first-order valence-electron chi connectivity index (χ1n) is 6.31. The van der Waals surface area contributed by atoms with Crippen LogP contribution in [0.15, 0.2) is 22.7 Å². The fourth-order valence-corrected chi connectivity index (χ4v) is 1.82. The molecule has 5 heteroatoms. The Balaban J connectivity index is 2.10. The van der Waals surface area contributed by atoms with E-state index in [0.29, 0.717) is 13.0 Å². The minimum absolute atomic E-state index is 0.0472. The summed E-state index contributed by atoms with van der Waals surface area (Å²) >= 11 is 0. The van der Waals surface area contributed by atoms with Gasteiger partial charge in [-0.3, -0.25) is 4.98 Å². The zero-order chi connectivity index (χ0) is 13.8. The first-order valence-corrected chi connectivity index (χ1v) is 6.31. The summed E-state index contributed by atoms with van der Waals surface area (Å²) in [5.41, 5.74) is 8.44. The minimum Gasteiger partial charge on any atom is -0.485 e. The van der Waals surface area contributed by atoms with Gasteiger partial charge in [0.1, 0.15) is 23.8 Å². The highest BCUT2D eigenvalue weighted by Gasteiger charge is 2.09. The Labute approximate surface area is 112 Å². The molecule has 0 aliphatic carbocycles. The lowest BCUT2D eigenvalue weighted by Crippen LogP contribution is -2.19. The van der Waals surface area contributed by atoms with E-state index in [2.05, 4.69) is 10.1 Å². The van der Waals surface area contributed by atoms with Crippen molar-refractivity contribution in [3.63, 3.8) is 0 Å². The Hall–Kier alpha value is -1.88. The molecule has 1 unspecified atom stereocenters. The Morgan fingerprint density at radius 3 is 2.79 bits per heavy atom. The normalized spacial score (nSPS) is 12.4. The summed E-state index contributed by atoms with van der Waals surface area (Å²) in [5, 5.41) is 3.89. The molecule has 5 nitrogen and oxygen atoms in total. The molecule has 0 radical (unpaired) electrons. The number of ether oxygens (including phenoxy) is 1. The molecule has 0 bridgehead atoms. The maximum atomic E-state index is 5.83. The molecular formula is C14H19N3O2. The summed E-state index contributed by atoms with van der Waals surface area (Å²) in [6.45, 7) is 6.13. The highest BCUT2D eigenvalue weighted by molar-refractivity contribution is 5.30. The smallest absolute Gasteiger partial charge is 0.141 e. The Morgan fingerprint density at radius 2 is 2.16 bits per heavy atom. The summed E-state index contributed by atoms with van der Waals surface area (Å²) in [5.74, 6) is 1.53. The lowest BCUT2D eigenvalue weighted by atomic mass is 10.1. The summed E-state index contributed by atoms with van der Waals surface area (Å²) in [6, 6.07) is 5.75. The number of aromatic nitrogens is 2. The van der Waals surface area contributed by atoms with Crippen LogP contribution in [0.1, 0.15) is 29.8 Å². The number of hydrogen-bond acceptors (Lipinski definition) is 5. The molecule has 0 saturated carbocycles. The van der Waals surface area contributed by atoms with E-state index >= 15 is 0 Å². The van der Waals surface area contributed by atoms with Crippen molar-refractivity contribution in [3.05, 3.63) is 41.0 Å². The topological polar surface area (TPSA) is 74.2 Å². The van der Waals surface area contributed by atoms with Crippen molar-refractivity contribution >= 4 is 0 Å². The first-order chi connectivity index (χ1) is 9.04. The number of nitrogens with two attached hydrogens (primary N) is 1. The van der Waals surface area contributed by atoms with Crippen LogP contribution in [0.3, 0.4) is 0 Å². The fourth-order valence-electron chi connectivity index (χ4n) is 1.82. The van der Waals surface area contributed by atoms with Gasteiger partial charge in [0.25, 0.3) is 0 Å². The summed E-state index contributed by atoms with van der Waals surface area (Å²) < 4.78 is 10.8. The van der Waals surface area contributed by atoms with E-state index in [0.717, 1.165) is 28.6 Å². The summed E-state index contributed by atoms with van der Waals surface area (Å²) in [4.78, 5) is 4.48. The molecule has 1 atom stereocenters. The Morgan fingerprint density at radius 1 is 1.37 bits per heavy atom. The van der Waals surface area contributed by atoms with Gasteiger partial charge in [0.15, 0.2) is 0 Å². The molecule has 0 aliphatic heterocycles. The predicted molar refractivity (Wildman–Crippen MR) is 71.9 cm³/mol. The van der Waals surface area contributed by atoms with Crippen LogP contribution in [0.5, 0.6) is 5.75 Å². The summed E-state index contributed by atoms with van der Waals surface area (Å²) in [6.07, 6.45) is 0.689. The Bertz CT molecular complexity index is 549. The van der Waals surface area contributed by atoms with Crippen LogP contribution < -0.4 is 10.5 Å². The maximum absolute atomic E-state index is 5.83. The number of aryl methyl sites for hydroxylation is 2. The monoisotopic (exact) mass is 261 g/mol. The molecule has 0 saturated heterocycles. The van der Waals surface area contributed by atoms with E-state index in [-0.39, 0.29) is 6.04 Å². The number of pyridine rings is 1. The molecule has 102 valence electrons. The highest BCUT2D eigenvalue weighted by atomic mass is 16.5. The van der Waals surface area contributed by atoms with Gasteiger partial charge < -0.3 is 15.0 Å². The SMILES string of the molecule is Cc1ccc(OCc2cc(C)on2)c(CC(C)N)n1. The van der Waals surface area contributed by atoms with Crippen LogP contribution in [0, 0.1) is 13.8 Å². The molecule has 0 aromatic carbocycles. The van der Waals surface area contributed by atoms with Crippen molar-refractivity contribution in [3.8, 4) is 5.75 Å². The molecule has 2 rings (SSSR count). The second-order valence-corrected chi connectivity index (χ2v) is 4.80. The van der Waals surface area contributed by atoms with Gasteiger partial charge in [0.05, 0.1) is 5.69 Å². The third-order valence-corrected chi connectivity index (χ3v) is 2.64. The average Bonchev–Trinajstić information content (AvgIpc) is 2.73. The molecule has 2 aromatic heterocycles. The third kappa shape index (κ3) is 3.79. The van der Waals surface area contributed by atoms with E-state index in [1.165, 1.54) is 0 Å². The highest BCUT2D eigenvalue weighted by Crippen LogP contribution is 2.19. The van der Waals surface area contributed by atoms with Gasteiger partial charge in [-0.15, -0.1) is 0 Å². The largest absolute Gasteiger partial charge is 0.485 e. The van der Waals surface area contributed by atoms with Gasteiger partial charge in [-0.1, -0.05) is 5.16 Å². The van der Waals surface area contributed by atoms with E-state index in [4.69, 9.17) is 15.0 Å². The second kappa shape index (κ2) is 5.84. The lowest BCUT2D eigenvalue weighted by molar-refractivity contribution is 0.283. The van der Waals surface area contributed by atoms with Crippen LogP contribution in [0.2, 0.25) is 0 Å². The number of rotatable bonds is 5. The van der Waals surface area contributed by atoms with Crippen molar-refractivity contribution in [1.82, 2.24) is 10.1 Å². The van der Waals surface area contributed by atoms with Gasteiger partial charge in [-0.2, -0.15) is 0 Å². The molecule has 0 amide bonds. The van der Waals surface area contributed by atoms with Crippen molar-refractivity contribution in [2.75, 3.05) is 0 Å². The van der Waals surface area contributed by atoms with Gasteiger partial charge in [-0.25, -0.2) is 0 Å². The van der Waals surface area contributed by atoms with Gasteiger partial charge in [0.2, 0.25) is 0 Å². The number of nitrogens with zero attached hydrogens (tertiary/aromatic N) is 2. The predicted octanol–water partition coefficient (Wildman–Crippen LogP) is 2.16. The zero-order valence-corrected chi connectivity index (χ0v) is 11.5. The van der Waals surface area contributed by atoms with Crippen molar-refractivity contribution in [1.29, 1.82) is 0 Å². The third-order valence-electron chi connectivity index (χ3n) is 2.64. The van der Waals surface area contributed by atoms with Crippen LogP contribution in [0.4, 0.5) is 0 Å². The van der Waals surface area contributed by atoms with Crippen molar-refractivity contribution in [2.45, 2.75) is 39.8 Å². The van der Waals surface area contributed by atoms with E-state index in [1.54, 1.807) is 0 Å². The maximum Gasteiger partial charge on any atom is 0.141 e. The zero-order valence-electron chi connectivity index (χ0n) is 11.5. The standard InChI is InChI=1S/C14H19N3O2/c1-9(15)6-13-14(5-4-10(2)16-13)18-8-12-7-11(3)19-17-12/h4-5,7,9H,6,8,15H2,1-3H3. The fraction of sp³-hybridized carbons (Fsp3) is 0.429. The quantitative estimate of drug-likeness (QED) is 0.892. The molecular weight excluding hydrogens is 242 g/mol. The molecule has 0 spiro atoms. The van der Waals surface area contributed by atoms with Crippen LogP contribution in [0.25, 0.3) is 0 Å².